The maximum atomic E-state index is 12.0. The molecular formula is C17H11N3O2S. The van der Waals surface area contributed by atoms with Gasteiger partial charge in [0.15, 0.2) is 0 Å². The molecule has 3 aromatic heterocycles. The Morgan fingerprint density at radius 2 is 1.96 bits per heavy atom. The highest BCUT2D eigenvalue weighted by molar-refractivity contribution is 7.12. The minimum atomic E-state index is -0.112. The highest BCUT2D eigenvalue weighted by Gasteiger charge is 2.10. The van der Waals surface area contributed by atoms with E-state index in [1.807, 2.05) is 47.8 Å². The van der Waals surface area contributed by atoms with Gasteiger partial charge in [0.1, 0.15) is 5.52 Å². The monoisotopic (exact) mass is 321 g/mol. The second-order valence-corrected chi connectivity index (χ2v) is 5.80. The van der Waals surface area contributed by atoms with Gasteiger partial charge in [0.25, 0.3) is 5.91 Å². The van der Waals surface area contributed by atoms with E-state index in [1.165, 1.54) is 11.3 Å². The van der Waals surface area contributed by atoms with Crippen LogP contribution in [0.25, 0.3) is 22.7 Å². The summed E-state index contributed by atoms with van der Waals surface area (Å²) >= 11 is 1.41. The summed E-state index contributed by atoms with van der Waals surface area (Å²) in [7, 11) is 0. The van der Waals surface area contributed by atoms with Crippen LogP contribution in [0.15, 0.2) is 64.5 Å². The van der Waals surface area contributed by atoms with Crippen LogP contribution in [-0.4, -0.2) is 15.9 Å². The SMILES string of the molecule is O=C(Nc1ccc(-c2nc3cccnc3o2)cc1)c1cccs1. The number of nitrogens with zero attached hydrogens (tertiary/aromatic N) is 2. The van der Waals surface area contributed by atoms with Crippen LogP contribution in [0.5, 0.6) is 0 Å². The van der Waals surface area contributed by atoms with E-state index in [2.05, 4.69) is 15.3 Å². The largest absolute Gasteiger partial charge is 0.418 e. The summed E-state index contributed by atoms with van der Waals surface area (Å²) in [5.41, 5.74) is 2.79. The summed E-state index contributed by atoms with van der Waals surface area (Å²) in [6.45, 7) is 0. The number of anilines is 1. The van der Waals surface area contributed by atoms with E-state index in [0.717, 1.165) is 16.8 Å². The van der Waals surface area contributed by atoms with Crippen LogP contribution >= 0.6 is 11.3 Å². The Balaban J connectivity index is 1.57. The molecule has 23 heavy (non-hydrogen) atoms. The van der Waals surface area contributed by atoms with Crippen LogP contribution in [0.1, 0.15) is 9.67 Å². The molecule has 0 spiro atoms. The third kappa shape index (κ3) is 2.72. The molecule has 0 fully saturated rings. The molecule has 0 bridgehead atoms. The van der Waals surface area contributed by atoms with Crippen molar-refractivity contribution in [1.82, 2.24) is 9.97 Å². The van der Waals surface area contributed by atoms with Gasteiger partial charge in [-0.25, -0.2) is 9.97 Å². The van der Waals surface area contributed by atoms with Crippen molar-refractivity contribution in [2.45, 2.75) is 0 Å². The minimum Gasteiger partial charge on any atom is -0.418 e. The first-order valence-corrected chi connectivity index (χ1v) is 7.84. The van der Waals surface area contributed by atoms with Gasteiger partial charge in [0, 0.05) is 17.4 Å². The summed E-state index contributed by atoms with van der Waals surface area (Å²) in [4.78, 5) is 21.2. The first-order valence-electron chi connectivity index (χ1n) is 6.96. The second kappa shape index (κ2) is 5.66. The highest BCUT2D eigenvalue weighted by Crippen LogP contribution is 2.24. The predicted molar refractivity (Wildman–Crippen MR) is 89.5 cm³/mol. The lowest BCUT2D eigenvalue weighted by molar-refractivity contribution is 0.103. The van der Waals surface area contributed by atoms with Gasteiger partial charge in [0.05, 0.1) is 4.88 Å². The molecule has 3 heterocycles. The molecule has 0 unspecified atom stereocenters. The Morgan fingerprint density at radius 1 is 1.09 bits per heavy atom. The third-order valence-electron chi connectivity index (χ3n) is 3.30. The Morgan fingerprint density at radius 3 is 2.70 bits per heavy atom. The number of aromatic nitrogens is 2. The maximum absolute atomic E-state index is 12.0. The van der Waals surface area contributed by atoms with Gasteiger partial charge in [-0.3, -0.25) is 4.79 Å². The van der Waals surface area contributed by atoms with Crippen molar-refractivity contribution in [2.24, 2.45) is 0 Å². The molecule has 0 aliphatic carbocycles. The molecular weight excluding hydrogens is 310 g/mol. The van der Waals surface area contributed by atoms with Gasteiger partial charge in [-0.05, 0) is 47.8 Å². The van der Waals surface area contributed by atoms with Gasteiger partial charge in [-0.1, -0.05) is 6.07 Å². The first-order chi connectivity index (χ1) is 11.3. The quantitative estimate of drug-likeness (QED) is 0.614. The number of carbonyl (C=O) groups excluding carboxylic acids is 1. The summed E-state index contributed by atoms with van der Waals surface area (Å²) in [5, 5.41) is 4.73. The molecule has 4 rings (SSSR count). The highest BCUT2D eigenvalue weighted by atomic mass is 32.1. The number of carbonyl (C=O) groups is 1. The smallest absolute Gasteiger partial charge is 0.265 e. The van der Waals surface area contributed by atoms with Gasteiger partial charge < -0.3 is 9.73 Å². The number of pyridine rings is 1. The normalized spacial score (nSPS) is 10.8. The molecule has 0 saturated heterocycles. The van der Waals surface area contributed by atoms with E-state index in [-0.39, 0.29) is 5.91 Å². The first kappa shape index (κ1) is 13.7. The summed E-state index contributed by atoms with van der Waals surface area (Å²) < 4.78 is 5.63. The van der Waals surface area contributed by atoms with Crippen molar-refractivity contribution in [3.8, 4) is 11.5 Å². The molecule has 5 nitrogen and oxygen atoms in total. The molecule has 1 amide bonds. The second-order valence-electron chi connectivity index (χ2n) is 4.86. The van der Waals surface area contributed by atoms with E-state index < -0.39 is 0 Å². The van der Waals surface area contributed by atoms with E-state index in [9.17, 15) is 4.79 Å². The lowest BCUT2D eigenvalue weighted by Crippen LogP contribution is -2.09. The zero-order valence-electron chi connectivity index (χ0n) is 11.9. The lowest BCUT2D eigenvalue weighted by Gasteiger charge is -2.04. The third-order valence-corrected chi connectivity index (χ3v) is 4.17. The van der Waals surface area contributed by atoms with Gasteiger partial charge >= 0.3 is 0 Å². The van der Waals surface area contributed by atoms with Crippen LogP contribution in [0.2, 0.25) is 0 Å². The van der Waals surface area contributed by atoms with Crippen molar-refractivity contribution < 1.29 is 9.21 Å². The molecule has 1 N–H and O–H groups in total. The molecule has 0 aliphatic heterocycles. The molecule has 6 heteroatoms. The fourth-order valence-corrected chi connectivity index (χ4v) is 2.81. The topological polar surface area (TPSA) is 68.0 Å². The van der Waals surface area contributed by atoms with Crippen LogP contribution in [-0.2, 0) is 0 Å². The molecule has 0 atom stereocenters. The van der Waals surface area contributed by atoms with Crippen LogP contribution in [0, 0.1) is 0 Å². The minimum absolute atomic E-state index is 0.112. The van der Waals surface area contributed by atoms with Crippen molar-refractivity contribution in [2.75, 3.05) is 5.32 Å². The van der Waals surface area contributed by atoms with E-state index in [4.69, 9.17) is 4.42 Å². The zero-order chi connectivity index (χ0) is 15.6. The van der Waals surface area contributed by atoms with Crippen molar-refractivity contribution >= 4 is 34.2 Å². The molecule has 1 aromatic carbocycles. The Hall–Kier alpha value is -2.99. The van der Waals surface area contributed by atoms with Crippen molar-refractivity contribution in [3.63, 3.8) is 0 Å². The average molecular weight is 321 g/mol. The van der Waals surface area contributed by atoms with Gasteiger partial charge in [-0.15, -0.1) is 11.3 Å². The van der Waals surface area contributed by atoms with Crippen molar-refractivity contribution in [1.29, 1.82) is 0 Å². The van der Waals surface area contributed by atoms with Crippen LogP contribution in [0.3, 0.4) is 0 Å². The average Bonchev–Trinajstić information content (AvgIpc) is 3.25. The molecule has 0 radical (unpaired) electrons. The Bertz CT molecular complexity index is 926. The number of benzene rings is 1. The Kier molecular flexibility index (Phi) is 3.36. The molecule has 0 saturated carbocycles. The summed E-state index contributed by atoms with van der Waals surface area (Å²) in [6.07, 6.45) is 1.67. The number of fused-ring (bicyclic) bond motifs is 1. The van der Waals surface area contributed by atoms with Gasteiger partial charge in [-0.2, -0.15) is 0 Å². The van der Waals surface area contributed by atoms with E-state index in [0.29, 0.717) is 16.5 Å². The molecule has 4 aromatic rings. The number of nitrogens with one attached hydrogen (secondary N) is 1. The van der Waals surface area contributed by atoms with Crippen LogP contribution in [0.4, 0.5) is 5.69 Å². The predicted octanol–water partition coefficient (Wildman–Crippen LogP) is 4.20. The lowest BCUT2D eigenvalue weighted by atomic mass is 10.2. The van der Waals surface area contributed by atoms with E-state index >= 15 is 0 Å². The number of amides is 1. The number of oxazole rings is 1. The zero-order valence-corrected chi connectivity index (χ0v) is 12.7. The standard InChI is InChI=1S/C17H11N3O2S/c21-15(14-4-2-10-23-14)19-12-7-5-11(6-8-12)16-20-13-3-1-9-18-17(13)22-16/h1-10H,(H,19,21). The number of thiophene rings is 1. The summed E-state index contributed by atoms with van der Waals surface area (Å²) in [6, 6.07) is 14.7. The van der Waals surface area contributed by atoms with Crippen molar-refractivity contribution in [3.05, 3.63) is 65.0 Å². The molecule has 0 aliphatic rings. The maximum Gasteiger partial charge on any atom is 0.265 e. The summed E-state index contributed by atoms with van der Waals surface area (Å²) in [5.74, 6) is 0.397. The number of hydrogen-bond donors (Lipinski definition) is 1. The Labute approximate surface area is 135 Å². The fourth-order valence-electron chi connectivity index (χ4n) is 2.19. The van der Waals surface area contributed by atoms with Crippen LogP contribution < -0.4 is 5.32 Å². The van der Waals surface area contributed by atoms with E-state index in [1.54, 1.807) is 12.3 Å². The van der Waals surface area contributed by atoms with Gasteiger partial charge in [0.2, 0.25) is 11.6 Å². The molecule has 112 valence electrons. The number of hydrogen-bond acceptors (Lipinski definition) is 5. The number of rotatable bonds is 3. The fraction of sp³-hybridized carbons (Fsp3) is 0.